The zero-order chi connectivity index (χ0) is 20.5. The van der Waals surface area contributed by atoms with Gasteiger partial charge in [0.1, 0.15) is 5.82 Å². The average molecular weight is 402 g/mol. The number of hydrogen-bond donors (Lipinski definition) is 1. The second kappa shape index (κ2) is 8.03. The zero-order valence-electron chi connectivity index (χ0n) is 17.3. The van der Waals surface area contributed by atoms with Gasteiger partial charge in [0.25, 0.3) is 5.91 Å². The lowest BCUT2D eigenvalue weighted by Gasteiger charge is -2.25. The molecule has 2 aliphatic heterocycles. The molecule has 30 heavy (non-hydrogen) atoms. The SMILES string of the molecule is CCc1ccc(CN2C[C@H]3Cc4nnc(C(=O)Nc5ccccc5)n4C[C@@H]3C2)cc1. The van der Waals surface area contributed by atoms with Crippen LogP contribution in [0.1, 0.15) is 34.5 Å². The van der Waals surface area contributed by atoms with Gasteiger partial charge in [-0.1, -0.05) is 49.4 Å². The van der Waals surface area contributed by atoms with Gasteiger partial charge in [-0.15, -0.1) is 10.2 Å². The normalized spacial score (nSPS) is 20.6. The molecule has 154 valence electrons. The molecular formula is C24H27N5O. The van der Waals surface area contributed by atoms with Crippen molar-refractivity contribution in [1.82, 2.24) is 19.7 Å². The molecule has 1 aromatic heterocycles. The van der Waals surface area contributed by atoms with Crippen LogP contribution in [0, 0.1) is 11.8 Å². The van der Waals surface area contributed by atoms with Crippen molar-refractivity contribution in [1.29, 1.82) is 0 Å². The van der Waals surface area contributed by atoms with Crippen LogP contribution in [0.4, 0.5) is 5.69 Å². The van der Waals surface area contributed by atoms with Gasteiger partial charge in [0.05, 0.1) is 0 Å². The number of aryl methyl sites for hydroxylation is 1. The number of para-hydroxylation sites is 1. The minimum Gasteiger partial charge on any atom is -0.319 e. The van der Waals surface area contributed by atoms with Crippen LogP contribution in [0.25, 0.3) is 0 Å². The highest BCUT2D eigenvalue weighted by Crippen LogP contribution is 2.33. The summed E-state index contributed by atoms with van der Waals surface area (Å²) in [5.74, 6) is 2.28. The van der Waals surface area contributed by atoms with Crippen molar-refractivity contribution in [2.75, 3.05) is 18.4 Å². The summed E-state index contributed by atoms with van der Waals surface area (Å²) in [7, 11) is 0. The monoisotopic (exact) mass is 401 g/mol. The number of nitrogens with zero attached hydrogens (tertiary/aromatic N) is 4. The van der Waals surface area contributed by atoms with Gasteiger partial charge in [-0.3, -0.25) is 9.69 Å². The first-order valence-corrected chi connectivity index (χ1v) is 10.8. The number of carbonyl (C=O) groups is 1. The van der Waals surface area contributed by atoms with Crippen molar-refractivity contribution in [3.8, 4) is 0 Å². The van der Waals surface area contributed by atoms with Crippen LogP contribution in [0.5, 0.6) is 0 Å². The molecule has 1 fully saturated rings. The summed E-state index contributed by atoms with van der Waals surface area (Å²) in [6.45, 7) is 6.12. The number of rotatable bonds is 5. The number of nitrogens with one attached hydrogen (secondary N) is 1. The lowest BCUT2D eigenvalue weighted by Crippen LogP contribution is -2.31. The zero-order valence-corrected chi connectivity index (χ0v) is 17.3. The number of hydrogen-bond acceptors (Lipinski definition) is 4. The molecule has 3 aromatic rings. The minimum atomic E-state index is -0.190. The molecule has 0 saturated carbocycles. The molecule has 6 heteroatoms. The Balaban J connectivity index is 1.26. The fraction of sp³-hybridized carbons (Fsp3) is 0.375. The van der Waals surface area contributed by atoms with Crippen molar-refractivity contribution in [3.63, 3.8) is 0 Å². The van der Waals surface area contributed by atoms with Gasteiger partial charge in [-0.2, -0.15) is 0 Å². The molecule has 0 aliphatic carbocycles. The Morgan fingerprint density at radius 1 is 0.967 bits per heavy atom. The van der Waals surface area contributed by atoms with Crippen LogP contribution in [0.15, 0.2) is 54.6 Å². The highest BCUT2D eigenvalue weighted by Gasteiger charge is 2.39. The second-order valence-corrected chi connectivity index (χ2v) is 8.46. The first-order chi connectivity index (χ1) is 14.7. The van der Waals surface area contributed by atoms with E-state index >= 15 is 0 Å². The molecule has 2 aliphatic rings. The number of benzene rings is 2. The number of carbonyl (C=O) groups excluding carboxylic acids is 1. The van der Waals surface area contributed by atoms with Crippen molar-refractivity contribution >= 4 is 11.6 Å². The summed E-state index contributed by atoms with van der Waals surface area (Å²) in [4.78, 5) is 15.3. The lowest BCUT2D eigenvalue weighted by molar-refractivity contribution is 0.100. The molecule has 5 rings (SSSR count). The summed E-state index contributed by atoms with van der Waals surface area (Å²) in [5.41, 5.74) is 3.52. The summed E-state index contributed by atoms with van der Waals surface area (Å²) in [6, 6.07) is 18.5. The second-order valence-electron chi connectivity index (χ2n) is 8.46. The Hall–Kier alpha value is -2.99. The molecule has 2 aromatic carbocycles. The molecule has 0 unspecified atom stereocenters. The van der Waals surface area contributed by atoms with Crippen molar-refractivity contribution in [2.45, 2.75) is 32.9 Å². The van der Waals surface area contributed by atoms with Crippen LogP contribution < -0.4 is 5.32 Å². The lowest BCUT2D eigenvalue weighted by atomic mass is 9.89. The maximum Gasteiger partial charge on any atom is 0.293 e. The molecule has 1 saturated heterocycles. The first-order valence-electron chi connectivity index (χ1n) is 10.8. The van der Waals surface area contributed by atoms with E-state index in [4.69, 9.17) is 0 Å². The first kappa shape index (κ1) is 19.0. The fourth-order valence-electron chi connectivity index (χ4n) is 4.77. The van der Waals surface area contributed by atoms with Crippen molar-refractivity contribution in [2.24, 2.45) is 11.8 Å². The van der Waals surface area contributed by atoms with Crippen LogP contribution in [-0.2, 0) is 25.9 Å². The van der Waals surface area contributed by atoms with Crippen LogP contribution in [-0.4, -0.2) is 38.7 Å². The molecule has 3 heterocycles. The van der Waals surface area contributed by atoms with Crippen molar-refractivity contribution < 1.29 is 4.79 Å². The number of aromatic nitrogens is 3. The molecular weight excluding hydrogens is 374 g/mol. The van der Waals surface area contributed by atoms with Gasteiger partial charge < -0.3 is 9.88 Å². The van der Waals surface area contributed by atoms with E-state index in [-0.39, 0.29) is 5.91 Å². The molecule has 2 atom stereocenters. The van der Waals surface area contributed by atoms with E-state index in [1.165, 1.54) is 11.1 Å². The third-order valence-electron chi connectivity index (χ3n) is 6.41. The maximum atomic E-state index is 12.8. The standard InChI is InChI=1S/C24H27N5O/c1-2-17-8-10-18(11-9-17)13-28-14-19-12-22-26-27-23(29(22)16-20(19)15-28)24(30)25-21-6-4-3-5-7-21/h3-11,19-20H,2,12-16H2,1H3,(H,25,30)/t19-,20+/m1/s1. The summed E-state index contributed by atoms with van der Waals surface area (Å²) in [6.07, 6.45) is 1.97. The number of amides is 1. The van der Waals surface area contributed by atoms with E-state index in [9.17, 15) is 4.79 Å². The fourth-order valence-corrected chi connectivity index (χ4v) is 4.77. The highest BCUT2D eigenvalue weighted by atomic mass is 16.2. The number of fused-ring (bicyclic) bond motifs is 2. The van der Waals surface area contributed by atoms with Crippen LogP contribution in [0.3, 0.4) is 0 Å². The maximum absolute atomic E-state index is 12.8. The van der Waals surface area contributed by atoms with Gasteiger partial charge in [0, 0.05) is 38.3 Å². The van der Waals surface area contributed by atoms with E-state index in [1.54, 1.807) is 0 Å². The van der Waals surface area contributed by atoms with E-state index in [2.05, 4.69) is 51.6 Å². The van der Waals surface area contributed by atoms with Gasteiger partial charge in [-0.25, -0.2) is 0 Å². The van der Waals surface area contributed by atoms with Crippen molar-refractivity contribution in [3.05, 3.63) is 77.4 Å². The van der Waals surface area contributed by atoms with E-state index < -0.39 is 0 Å². The minimum absolute atomic E-state index is 0.190. The topological polar surface area (TPSA) is 63.1 Å². The highest BCUT2D eigenvalue weighted by molar-refractivity contribution is 6.01. The Bertz CT molecular complexity index is 1030. The molecule has 0 spiro atoms. The summed E-state index contributed by atoms with van der Waals surface area (Å²) < 4.78 is 2.03. The summed E-state index contributed by atoms with van der Waals surface area (Å²) >= 11 is 0. The largest absolute Gasteiger partial charge is 0.319 e. The quantitative estimate of drug-likeness (QED) is 0.712. The molecule has 1 N–H and O–H groups in total. The Kier molecular flexibility index (Phi) is 5.09. The van der Waals surface area contributed by atoms with E-state index in [1.807, 2.05) is 34.9 Å². The smallest absolute Gasteiger partial charge is 0.293 e. The van der Waals surface area contributed by atoms with E-state index in [0.717, 1.165) is 50.5 Å². The van der Waals surface area contributed by atoms with Crippen LogP contribution >= 0.6 is 0 Å². The summed E-state index contributed by atoms with van der Waals surface area (Å²) in [5, 5.41) is 11.5. The third-order valence-corrected chi connectivity index (χ3v) is 6.41. The Morgan fingerprint density at radius 2 is 1.70 bits per heavy atom. The molecule has 1 amide bonds. The molecule has 0 radical (unpaired) electrons. The molecule has 6 nitrogen and oxygen atoms in total. The van der Waals surface area contributed by atoms with E-state index in [0.29, 0.717) is 17.7 Å². The van der Waals surface area contributed by atoms with Gasteiger partial charge in [0.15, 0.2) is 0 Å². The predicted octanol–water partition coefficient (Wildman–Crippen LogP) is 3.40. The van der Waals surface area contributed by atoms with Gasteiger partial charge in [0.2, 0.25) is 5.82 Å². The Morgan fingerprint density at radius 3 is 2.47 bits per heavy atom. The Labute approximate surface area is 176 Å². The third kappa shape index (κ3) is 3.75. The van der Waals surface area contributed by atoms with Gasteiger partial charge in [-0.05, 0) is 41.5 Å². The number of likely N-dealkylation sites (tertiary alicyclic amines) is 1. The molecule has 0 bridgehead atoms. The average Bonchev–Trinajstić information content (AvgIpc) is 3.36. The predicted molar refractivity (Wildman–Crippen MR) is 116 cm³/mol. The van der Waals surface area contributed by atoms with Gasteiger partial charge >= 0.3 is 0 Å². The van der Waals surface area contributed by atoms with Crippen LogP contribution in [0.2, 0.25) is 0 Å². The number of anilines is 1.